The molecule has 3 N–H and O–H groups in total. The Morgan fingerprint density at radius 1 is 1.33 bits per heavy atom. The molecule has 1 aromatic carbocycles. The molecule has 0 atom stereocenters. The van der Waals surface area contributed by atoms with E-state index < -0.39 is 17.5 Å². The summed E-state index contributed by atoms with van der Waals surface area (Å²) in [6, 6.07) is 4.67. The standard InChI is InChI=1S/C15H12F2N2OS/c16-11-3-4-13(14(17)7-11)15(20)19-8-12-6-10(9-21-12)2-1-5-18/h3-4,6-7,9H,5,8,18H2,(H,19,20). The van der Waals surface area contributed by atoms with E-state index in [9.17, 15) is 13.6 Å². The van der Waals surface area contributed by atoms with Crippen LogP contribution in [0.2, 0.25) is 0 Å². The minimum atomic E-state index is -0.881. The average molecular weight is 306 g/mol. The van der Waals surface area contributed by atoms with E-state index in [-0.39, 0.29) is 18.7 Å². The molecule has 0 radical (unpaired) electrons. The van der Waals surface area contributed by atoms with Gasteiger partial charge >= 0.3 is 0 Å². The molecular formula is C15H12F2N2OS. The molecule has 0 spiro atoms. The van der Waals surface area contributed by atoms with Crippen molar-refractivity contribution in [2.24, 2.45) is 5.73 Å². The van der Waals surface area contributed by atoms with Crippen LogP contribution in [0, 0.1) is 23.5 Å². The molecule has 0 aliphatic rings. The number of hydrogen-bond acceptors (Lipinski definition) is 3. The molecule has 1 aromatic heterocycles. The van der Waals surface area contributed by atoms with Gasteiger partial charge in [0.25, 0.3) is 5.91 Å². The van der Waals surface area contributed by atoms with Gasteiger partial charge in [-0.15, -0.1) is 11.3 Å². The van der Waals surface area contributed by atoms with Crippen LogP contribution < -0.4 is 11.1 Å². The van der Waals surface area contributed by atoms with Gasteiger partial charge in [0, 0.05) is 21.9 Å². The minimum Gasteiger partial charge on any atom is -0.347 e. The summed E-state index contributed by atoms with van der Waals surface area (Å²) in [5, 5.41) is 4.43. The smallest absolute Gasteiger partial charge is 0.254 e. The molecular weight excluding hydrogens is 294 g/mol. The van der Waals surface area contributed by atoms with E-state index in [4.69, 9.17) is 5.73 Å². The lowest BCUT2D eigenvalue weighted by Crippen LogP contribution is -2.23. The van der Waals surface area contributed by atoms with Gasteiger partial charge < -0.3 is 11.1 Å². The van der Waals surface area contributed by atoms with Crippen LogP contribution in [0.5, 0.6) is 0 Å². The van der Waals surface area contributed by atoms with Crippen molar-refractivity contribution in [3.05, 3.63) is 57.3 Å². The van der Waals surface area contributed by atoms with E-state index in [1.807, 2.05) is 11.4 Å². The van der Waals surface area contributed by atoms with Crippen molar-refractivity contribution in [1.82, 2.24) is 5.32 Å². The number of benzene rings is 1. The van der Waals surface area contributed by atoms with Crippen LogP contribution in [0.1, 0.15) is 20.8 Å². The van der Waals surface area contributed by atoms with E-state index in [1.165, 1.54) is 11.3 Å². The number of rotatable bonds is 3. The van der Waals surface area contributed by atoms with Crippen molar-refractivity contribution < 1.29 is 13.6 Å². The Morgan fingerprint density at radius 3 is 2.86 bits per heavy atom. The number of halogens is 2. The number of carbonyl (C=O) groups excluding carboxylic acids is 1. The highest BCUT2D eigenvalue weighted by Crippen LogP contribution is 2.14. The number of carbonyl (C=O) groups is 1. The van der Waals surface area contributed by atoms with Crippen molar-refractivity contribution in [3.63, 3.8) is 0 Å². The molecule has 1 heterocycles. The van der Waals surface area contributed by atoms with Gasteiger partial charge in [0.05, 0.1) is 18.7 Å². The molecule has 3 nitrogen and oxygen atoms in total. The van der Waals surface area contributed by atoms with Gasteiger partial charge in [-0.05, 0) is 18.2 Å². The highest BCUT2D eigenvalue weighted by Gasteiger charge is 2.12. The Labute approximate surface area is 124 Å². The summed E-state index contributed by atoms with van der Waals surface area (Å²) in [5.74, 6) is 3.43. The van der Waals surface area contributed by atoms with Crippen LogP contribution in [0.3, 0.4) is 0 Å². The van der Waals surface area contributed by atoms with E-state index in [2.05, 4.69) is 17.2 Å². The lowest BCUT2D eigenvalue weighted by molar-refractivity contribution is 0.0947. The summed E-state index contributed by atoms with van der Waals surface area (Å²) >= 11 is 1.43. The van der Waals surface area contributed by atoms with Gasteiger partial charge in [0.2, 0.25) is 0 Å². The third kappa shape index (κ3) is 4.12. The lowest BCUT2D eigenvalue weighted by Gasteiger charge is -2.04. The molecule has 6 heteroatoms. The van der Waals surface area contributed by atoms with Crippen molar-refractivity contribution in [2.45, 2.75) is 6.54 Å². The normalized spacial score (nSPS) is 9.86. The quantitative estimate of drug-likeness (QED) is 0.855. The van der Waals surface area contributed by atoms with Crippen LogP contribution in [0.25, 0.3) is 0 Å². The highest BCUT2D eigenvalue weighted by molar-refractivity contribution is 7.10. The van der Waals surface area contributed by atoms with Crippen LogP contribution in [-0.4, -0.2) is 12.5 Å². The van der Waals surface area contributed by atoms with Crippen LogP contribution >= 0.6 is 11.3 Å². The first-order valence-electron chi connectivity index (χ1n) is 6.09. The fraction of sp³-hybridized carbons (Fsp3) is 0.133. The van der Waals surface area contributed by atoms with Crippen molar-refractivity contribution in [3.8, 4) is 11.8 Å². The second-order valence-corrected chi connectivity index (χ2v) is 5.11. The van der Waals surface area contributed by atoms with Crippen molar-refractivity contribution in [1.29, 1.82) is 0 Å². The van der Waals surface area contributed by atoms with Gasteiger partial charge in [-0.1, -0.05) is 11.8 Å². The summed E-state index contributed by atoms with van der Waals surface area (Å²) in [4.78, 5) is 12.7. The zero-order valence-corrected chi connectivity index (χ0v) is 11.8. The Balaban J connectivity index is 1.99. The monoisotopic (exact) mass is 306 g/mol. The zero-order valence-electron chi connectivity index (χ0n) is 11.0. The fourth-order valence-electron chi connectivity index (χ4n) is 1.63. The Bertz CT molecular complexity index is 716. The molecule has 21 heavy (non-hydrogen) atoms. The molecule has 0 aliphatic heterocycles. The Kier molecular flexibility index (Phi) is 5.04. The first-order chi connectivity index (χ1) is 10.1. The molecule has 108 valence electrons. The third-order valence-electron chi connectivity index (χ3n) is 2.59. The van der Waals surface area contributed by atoms with Gasteiger partial charge in [0.15, 0.2) is 0 Å². The topological polar surface area (TPSA) is 55.1 Å². The number of nitrogens with one attached hydrogen (secondary N) is 1. The van der Waals surface area contributed by atoms with Crippen LogP contribution in [-0.2, 0) is 6.54 Å². The molecule has 0 bridgehead atoms. The molecule has 0 unspecified atom stereocenters. The molecule has 1 amide bonds. The van der Waals surface area contributed by atoms with Crippen molar-refractivity contribution >= 4 is 17.2 Å². The number of amides is 1. The van der Waals surface area contributed by atoms with Gasteiger partial charge in [-0.2, -0.15) is 0 Å². The second-order valence-electron chi connectivity index (χ2n) is 4.11. The van der Waals surface area contributed by atoms with Crippen LogP contribution in [0.4, 0.5) is 8.78 Å². The van der Waals surface area contributed by atoms with Gasteiger partial charge in [-0.3, -0.25) is 4.79 Å². The zero-order chi connectivity index (χ0) is 15.2. The van der Waals surface area contributed by atoms with E-state index in [0.717, 1.165) is 22.6 Å². The summed E-state index contributed by atoms with van der Waals surface area (Å²) < 4.78 is 26.2. The molecule has 0 saturated heterocycles. The average Bonchev–Trinajstić information content (AvgIpc) is 2.90. The van der Waals surface area contributed by atoms with E-state index in [0.29, 0.717) is 6.07 Å². The Hall–Kier alpha value is -2.23. The molecule has 2 aromatic rings. The summed E-state index contributed by atoms with van der Waals surface area (Å²) in [6.45, 7) is 0.538. The third-order valence-corrected chi connectivity index (χ3v) is 3.52. The fourth-order valence-corrected chi connectivity index (χ4v) is 2.38. The predicted octanol–water partition coefficient (Wildman–Crippen LogP) is 2.27. The highest BCUT2D eigenvalue weighted by atomic mass is 32.1. The number of hydrogen-bond donors (Lipinski definition) is 2. The van der Waals surface area contributed by atoms with E-state index in [1.54, 1.807) is 0 Å². The maximum atomic E-state index is 13.4. The molecule has 0 fully saturated rings. The maximum Gasteiger partial charge on any atom is 0.254 e. The maximum absolute atomic E-state index is 13.4. The SMILES string of the molecule is NCC#Cc1csc(CNC(=O)c2ccc(F)cc2F)c1. The largest absolute Gasteiger partial charge is 0.347 e. The second kappa shape index (κ2) is 6.97. The summed E-state index contributed by atoms with van der Waals surface area (Å²) in [7, 11) is 0. The summed E-state index contributed by atoms with van der Waals surface area (Å²) in [5.41, 5.74) is 5.92. The van der Waals surface area contributed by atoms with E-state index >= 15 is 0 Å². The number of thiophene rings is 1. The molecule has 0 aliphatic carbocycles. The predicted molar refractivity (Wildman–Crippen MR) is 77.8 cm³/mol. The molecule has 2 rings (SSSR count). The number of nitrogens with two attached hydrogens (primary N) is 1. The lowest BCUT2D eigenvalue weighted by atomic mass is 10.2. The van der Waals surface area contributed by atoms with Crippen LogP contribution in [0.15, 0.2) is 29.6 Å². The minimum absolute atomic E-state index is 0.184. The first-order valence-corrected chi connectivity index (χ1v) is 6.97. The molecule has 0 saturated carbocycles. The van der Waals surface area contributed by atoms with Gasteiger partial charge in [-0.25, -0.2) is 8.78 Å². The summed E-state index contributed by atoms with van der Waals surface area (Å²) in [6.07, 6.45) is 0. The van der Waals surface area contributed by atoms with Gasteiger partial charge in [0.1, 0.15) is 11.6 Å². The van der Waals surface area contributed by atoms with Crippen molar-refractivity contribution in [2.75, 3.05) is 6.54 Å². The first kappa shape index (κ1) is 15.2. The Morgan fingerprint density at radius 2 is 2.14 bits per heavy atom.